The Morgan fingerprint density at radius 3 is 2.50 bits per heavy atom. The average molecular weight is 159 g/mol. The molecule has 0 saturated carbocycles. The summed E-state index contributed by atoms with van der Waals surface area (Å²) in [5.41, 5.74) is -0.289. The third-order valence-corrected chi connectivity index (χ3v) is 2.94. The van der Waals surface area contributed by atoms with Gasteiger partial charge < -0.3 is 0 Å². The van der Waals surface area contributed by atoms with E-state index in [2.05, 4.69) is 17.5 Å². The second kappa shape index (κ2) is 2.55. The molecule has 0 bridgehead atoms. The molecule has 3 heteroatoms. The van der Waals surface area contributed by atoms with Crippen LogP contribution in [0.5, 0.6) is 0 Å². The number of thiol groups is 1. The molecule has 0 unspecified atom stereocenters. The number of rotatable bonds is 1. The smallest absolute Gasteiger partial charge is 0.205 e. The van der Waals surface area contributed by atoms with Gasteiger partial charge >= 0.3 is 0 Å². The zero-order chi connectivity index (χ0) is 7.78. The molecule has 1 aliphatic rings. The van der Waals surface area contributed by atoms with Gasteiger partial charge in [0.15, 0.2) is 0 Å². The molecule has 1 saturated heterocycles. The van der Waals surface area contributed by atoms with Crippen molar-refractivity contribution in [3.05, 3.63) is 0 Å². The highest BCUT2D eigenvalue weighted by Crippen LogP contribution is 2.28. The summed E-state index contributed by atoms with van der Waals surface area (Å²) in [6, 6.07) is 0. The maximum atomic E-state index is 11.0. The molecule has 1 heterocycles. The van der Waals surface area contributed by atoms with Crippen molar-refractivity contribution in [1.29, 1.82) is 0 Å². The Morgan fingerprint density at radius 1 is 1.70 bits per heavy atom. The zero-order valence-corrected chi connectivity index (χ0v) is 7.32. The van der Waals surface area contributed by atoms with Crippen LogP contribution in [0.1, 0.15) is 19.8 Å². The van der Waals surface area contributed by atoms with Crippen LogP contribution in [0.25, 0.3) is 0 Å². The fourth-order valence-corrected chi connectivity index (χ4v) is 1.65. The summed E-state index contributed by atoms with van der Waals surface area (Å²) in [4.78, 5) is 13.1. The largest absolute Gasteiger partial charge is 0.294 e. The number of nitrogens with zero attached hydrogens (tertiary/aromatic N) is 1. The average Bonchev–Trinajstić information content (AvgIpc) is 2.15. The highest BCUT2D eigenvalue weighted by molar-refractivity contribution is 7.96. The molecule has 1 rings (SSSR count). The summed E-state index contributed by atoms with van der Waals surface area (Å²) >= 11 is 3.86. The second-order valence-electron chi connectivity index (χ2n) is 3.10. The first-order valence-corrected chi connectivity index (χ1v) is 3.97. The van der Waals surface area contributed by atoms with Gasteiger partial charge in [-0.3, -0.25) is 9.69 Å². The van der Waals surface area contributed by atoms with Gasteiger partial charge in [-0.15, -0.1) is 12.6 Å². The van der Waals surface area contributed by atoms with Crippen LogP contribution < -0.4 is 0 Å². The van der Waals surface area contributed by atoms with Gasteiger partial charge in [0, 0.05) is 0 Å². The Hall–Kier alpha value is -0.0200. The summed E-state index contributed by atoms with van der Waals surface area (Å²) in [6.45, 7) is 2.97. The Kier molecular flexibility index (Phi) is 2.06. The van der Waals surface area contributed by atoms with Crippen LogP contribution >= 0.6 is 12.6 Å². The number of carbonyl (C=O) groups is 1. The van der Waals surface area contributed by atoms with Crippen LogP contribution in [0.2, 0.25) is 0 Å². The van der Waals surface area contributed by atoms with Crippen molar-refractivity contribution < 1.29 is 4.79 Å². The van der Waals surface area contributed by atoms with E-state index >= 15 is 0 Å². The van der Waals surface area contributed by atoms with Crippen LogP contribution in [0.15, 0.2) is 0 Å². The second-order valence-corrected chi connectivity index (χ2v) is 3.51. The molecule has 0 aromatic carbocycles. The fourth-order valence-electron chi connectivity index (χ4n) is 1.37. The standard InChI is InChI=1S/C7H13NOS/c1-7(6(9)10)4-3-5-8(7)2/h3-5H2,1-2H3,(H,9,10)/t7-/m0/s1. The maximum Gasteiger partial charge on any atom is 0.205 e. The van der Waals surface area contributed by atoms with Crippen molar-refractivity contribution in [2.75, 3.05) is 13.6 Å². The van der Waals surface area contributed by atoms with E-state index in [1.165, 1.54) is 0 Å². The molecule has 10 heavy (non-hydrogen) atoms. The Labute approximate surface area is 67.0 Å². The third-order valence-electron chi connectivity index (χ3n) is 2.46. The highest BCUT2D eigenvalue weighted by atomic mass is 32.1. The van der Waals surface area contributed by atoms with Crippen LogP contribution in [-0.2, 0) is 4.79 Å². The van der Waals surface area contributed by atoms with E-state index < -0.39 is 0 Å². The molecule has 0 aromatic rings. The van der Waals surface area contributed by atoms with Crippen molar-refractivity contribution in [1.82, 2.24) is 4.90 Å². The quantitative estimate of drug-likeness (QED) is 0.574. The molecule has 0 N–H and O–H groups in total. The van der Waals surface area contributed by atoms with E-state index in [0.29, 0.717) is 0 Å². The topological polar surface area (TPSA) is 20.3 Å². The zero-order valence-electron chi connectivity index (χ0n) is 6.42. The van der Waals surface area contributed by atoms with E-state index in [0.717, 1.165) is 19.4 Å². The lowest BCUT2D eigenvalue weighted by atomic mass is 10.0. The first kappa shape index (κ1) is 8.08. The first-order chi connectivity index (χ1) is 4.57. The minimum Gasteiger partial charge on any atom is -0.294 e. The minimum atomic E-state index is -0.289. The molecular formula is C7H13NOS. The molecule has 1 fully saturated rings. The number of carbonyl (C=O) groups excluding carboxylic acids is 1. The molecule has 2 nitrogen and oxygen atoms in total. The van der Waals surface area contributed by atoms with Crippen LogP contribution in [-0.4, -0.2) is 29.1 Å². The maximum absolute atomic E-state index is 11.0. The Morgan fingerprint density at radius 2 is 2.30 bits per heavy atom. The number of hydrogen-bond acceptors (Lipinski definition) is 2. The van der Waals surface area contributed by atoms with Gasteiger partial charge in [0.25, 0.3) is 0 Å². The van der Waals surface area contributed by atoms with Crippen molar-refractivity contribution in [3.63, 3.8) is 0 Å². The van der Waals surface area contributed by atoms with Crippen LogP contribution in [0.4, 0.5) is 0 Å². The Bertz CT molecular complexity index is 160. The van der Waals surface area contributed by atoms with Gasteiger partial charge in [0.2, 0.25) is 5.12 Å². The molecule has 1 atom stereocenters. The van der Waals surface area contributed by atoms with Gasteiger partial charge in [0.05, 0.1) is 5.54 Å². The molecule has 0 amide bonds. The number of likely N-dealkylation sites (tertiary alicyclic amines) is 1. The Balaban J connectivity index is 2.75. The van der Waals surface area contributed by atoms with E-state index in [4.69, 9.17) is 0 Å². The van der Waals surface area contributed by atoms with Crippen LogP contribution in [0, 0.1) is 0 Å². The third kappa shape index (κ3) is 1.08. The molecule has 0 aromatic heterocycles. The number of hydrogen-bond donors (Lipinski definition) is 1. The molecule has 0 radical (unpaired) electrons. The molecule has 0 spiro atoms. The van der Waals surface area contributed by atoms with Crippen LogP contribution in [0.3, 0.4) is 0 Å². The van der Waals surface area contributed by atoms with Crippen molar-refractivity contribution in [2.45, 2.75) is 25.3 Å². The highest BCUT2D eigenvalue weighted by Gasteiger charge is 2.38. The normalized spacial score (nSPS) is 34.7. The van der Waals surface area contributed by atoms with E-state index in [1.54, 1.807) is 0 Å². The minimum absolute atomic E-state index is 0.00694. The molecule has 58 valence electrons. The summed E-state index contributed by atoms with van der Waals surface area (Å²) in [6.07, 6.45) is 2.06. The van der Waals surface area contributed by atoms with Crippen molar-refractivity contribution in [2.24, 2.45) is 0 Å². The van der Waals surface area contributed by atoms with Gasteiger partial charge in [-0.25, -0.2) is 0 Å². The van der Waals surface area contributed by atoms with Crippen molar-refractivity contribution >= 4 is 17.7 Å². The SMILES string of the molecule is CN1CCC[C@@]1(C)C(=O)S. The predicted molar refractivity (Wildman–Crippen MR) is 44.3 cm³/mol. The summed E-state index contributed by atoms with van der Waals surface area (Å²) < 4.78 is 0. The fraction of sp³-hybridized carbons (Fsp3) is 0.857. The first-order valence-electron chi connectivity index (χ1n) is 3.52. The molecule has 0 aliphatic carbocycles. The lowest BCUT2D eigenvalue weighted by molar-refractivity contribution is -0.118. The predicted octanol–water partition coefficient (Wildman–Crippen LogP) is 0.927. The number of likely N-dealkylation sites (N-methyl/N-ethyl adjacent to an activating group) is 1. The van der Waals surface area contributed by atoms with Gasteiger partial charge in [-0.05, 0) is 33.4 Å². The monoisotopic (exact) mass is 159 g/mol. The summed E-state index contributed by atoms with van der Waals surface area (Å²) in [5, 5.41) is -0.00694. The van der Waals surface area contributed by atoms with Gasteiger partial charge in [-0.1, -0.05) is 0 Å². The van der Waals surface area contributed by atoms with Gasteiger partial charge in [0.1, 0.15) is 0 Å². The lowest BCUT2D eigenvalue weighted by Gasteiger charge is -2.28. The summed E-state index contributed by atoms with van der Waals surface area (Å²) in [7, 11) is 1.97. The molecular weight excluding hydrogens is 146 g/mol. The van der Waals surface area contributed by atoms with Crippen molar-refractivity contribution in [3.8, 4) is 0 Å². The summed E-state index contributed by atoms with van der Waals surface area (Å²) in [5.74, 6) is 0. The molecule has 1 aliphatic heterocycles. The van der Waals surface area contributed by atoms with E-state index in [-0.39, 0.29) is 10.7 Å². The lowest BCUT2D eigenvalue weighted by Crippen LogP contribution is -2.43. The van der Waals surface area contributed by atoms with Gasteiger partial charge in [-0.2, -0.15) is 0 Å². The van der Waals surface area contributed by atoms with E-state index in [9.17, 15) is 4.79 Å². The van der Waals surface area contributed by atoms with E-state index in [1.807, 2.05) is 14.0 Å².